The van der Waals surface area contributed by atoms with E-state index in [4.69, 9.17) is 21.1 Å². The molecule has 4 nitrogen and oxygen atoms in total. The van der Waals surface area contributed by atoms with Gasteiger partial charge in [0.1, 0.15) is 0 Å². The van der Waals surface area contributed by atoms with E-state index in [2.05, 4.69) is 0 Å². The third-order valence-electron chi connectivity index (χ3n) is 2.08. The molecular formula is C6H14ClNO3. The largest absolute Gasteiger partial charge is 0.396 e. The first-order valence-electron chi connectivity index (χ1n) is 3.39. The summed E-state index contributed by atoms with van der Waals surface area (Å²) < 4.78 is 0. The Morgan fingerprint density at radius 1 is 1.27 bits per heavy atom. The standard InChI is InChI=1S/C6H13NO3.ClH/c7-4-1-3(2-8)5(9)6(4)10;/h3-6,8-10H,1-2,7H2;1H/t3-,4+,5+,6-;/m0./s1. The van der Waals surface area contributed by atoms with Crippen LogP contribution in [-0.2, 0) is 0 Å². The highest BCUT2D eigenvalue weighted by atomic mass is 35.5. The van der Waals surface area contributed by atoms with Crippen LogP contribution in [0.5, 0.6) is 0 Å². The first kappa shape index (κ1) is 11.1. The highest BCUT2D eigenvalue weighted by molar-refractivity contribution is 5.85. The van der Waals surface area contributed by atoms with E-state index >= 15 is 0 Å². The second-order valence-corrected chi connectivity index (χ2v) is 2.82. The lowest BCUT2D eigenvalue weighted by Crippen LogP contribution is -2.35. The normalized spacial score (nSPS) is 43.6. The Kier molecular flexibility index (Phi) is 4.28. The molecule has 0 heterocycles. The van der Waals surface area contributed by atoms with Gasteiger partial charge in [0.15, 0.2) is 0 Å². The van der Waals surface area contributed by atoms with Gasteiger partial charge in [-0.3, -0.25) is 0 Å². The molecular weight excluding hydrogens is 170 g/mol. The van der Waals surface area contributed by atoms with E-state index in [0.717, 1.165) is 0 Å². The van der Waals surface area contributed by atoms with Crippen LogP contribution in [0.4, 0.5) is 0 Å². The van der Waals surface area contributed by atoms with E-state index in [0.29, 0.717) is 6.42 Å². The second kappa shape index (κ2) is 4.23. The summed E-state index contributed by atoms with van der Waals surface area (Å²) in [6, 6.07) is -0.382. The van der Waals surface area contributed by atoms with Crippen LogP contribution in [0.2, 0.25) is 0 Å². The van der Waals surface area contributed by atoms with Crippen LogP contribution in [0.1, 0.15) is 6.42 Å². The minimum absolute atomic E-state index is 0. The predicted molar refractivity (Wildman–Crippen MR) is 42.4 cm³/mol. The van der Waals surface area contributed by atoms with Crippen molar-refractivity contribution in [3.05, 3.63) is 0 Å². The molecule has 0 amide bonds. The lowest BCUT2D eigenvalue weighted by Gasteiger charge is -2.13. The minimum Gasteiger partial charge on any atom is -0.396 e. The Balaban J connectivity index is 0.000001000. The van der Waals surface area contributed by atoms with Crippen LogP contribution >= 0.6 is 12.4 Å². The fourth-order valence-electron chi connectivity index (χ4n) is 1.34. The van der Waals surface area contributed by atoms with Gasteiger partial charge in [0, 0.05) is 18.6 Å². The molecule has 0 aromatic heterocycles. The molecule has 0 unspecified atom stereocenters. The molecule has 11 heavy (non-hydrogen) atoms. The Bertz CT molecular complexity index is 124. The molecule has 1 aliphatic carbocycles. The fraction of sp³-hybridized carbons (Fsp3) is 1.00. The lowest BCUT2D eigenvalue weighted by molar-refractivity contribution is 0.00300. The van der Waals surface area contributed by atoms with Crippen LogP contribution in [-0.4, -0.2) is 40.2 Å². The summed E-state index contributed by atoms with van der Waals surface area (Å²) in [5, 5.41) is 26.9. The van der Waals surface area contributed by atoms with Crippen LogP contribution in [0.25, 0.3) is 0 Å². The average molecular weight is 184 g/mol. The Morgan fingerprint density at radius 3 is 2.00 bits per heavy atom. The summed E-state index contributed by atoms with van der Waals surface area (Å²) in [6.45, 7) is -0.105. The zero-order valence-electron chi connectivity index (χ0n) is 6.05. The van der Waals surface area contributed by atoms with E-state index in [9.17, 15) is 0 Å². The molecule has 1 saturated carbocycles. The SMILES string of the molecule is Cl.N[C@@H]1C[C@@H](CO)[C@@H](O)[C@H]1O. The first-order valence-corrected chi connectivity index (χ1v) is 3.39. The number of halogens is 1. The molecule has 68 valence electrons. The first-order chi connectivity index (χ1) is 4.66. The van der Waals surface area contributed by atoms with Crippen molar-refractivity contribution in [3.63, 3.8) is 0 Å². The minimum atomic E-state index is -0.864. The Labute approximate surface area is 71.4 Å². The van der Waals surface area contributed by atoms with Gasteiger partial charge in [-0.2, -0.15) is 0 Å². The maximum absolute atomic E-state index is 9.14. The number of aliphatic hydroxyl groups excluding tert-OH is 3. The van der Waals surface area contributed by atoms with Crippen molar-refractivity contribution < 1.29 is 15.3 Å². The molecule has 5 heteroatoms. The average Bonchev–Trinajstić information content (AvgIpc) is 2.17. The van der Waals surface area contributed by atoms with Gasteiger partial charge in [-0.15, -0.1) is 12.4 Å². The van der Waals surface area contributed by atoms with Crippen LogP contribution in [0, 0.1) is 5.92 Å². The molecule has 0 aliphatic heterocycles. The second-order valence-electron chi connectivity index (χ2n) is 2.82. The van der Waals surface area contributed by atoms with Gasteiger partial charge in [-0.1, -0.05) is 0 Å². The van der Waals surface area contributed by atoms with Crippen LogP contribution < -0.4 is 5.73 Å². The molecule has 0 aromatic carbocycles. The topological polar surface area (TPSA) is 86.7 Å². The summed E-state index contributed by atoms with van der Waals surface area (Å²) in [5.74, 6) is -0.245. The van der Waals surface area contributed by atoms with Crippen LogP contribution in [0.3, 0.4) is 0 Å². The van der Waals surface area contributed by atoms with Gasteiger partial charge >= 0.3 is 0 Å². The summed E-state index contributed by atoms with van der Waals surface area (Å²) in [4.78, 5) is 0. The van der Waals surface area contributed by atoms with E-state index in [1.54, 1.807) is 0 Å². The molecule has 4 atom stereocenters. The number of nitrogens with two attached hydrogens (primary N) is 1. The lowest BCUT2D eigenvalue weighted by atomic mass is 10.1. The van der Waals surface area contributed by atoms with E-state index in [1.807, 2.05) is 0 Å². The van der Waals surface area contributed by atoms with E-state index in [1.165, 1.54) is 0 Å². The monoisotopic (exact) mass is 183 g/mol. The van der Waals surface area contributed by atoms with Crippen molar-refractivity contribution in [2.75, 3.05) is 6.61 Å². The quantitative estimate of drug-likeness (QED) is 0.397. The number of hydrogen-bond donors (Lipinski definition) is 4. The van der Waals surface area contributed by atoms with Gasteiger partial charge in [0.2, 0.25) is 0 Å². The maximum Gasteiger partial charge on any atom is 0.0953 e. The third-order valence-corrected chi connectivity index (χ3v) is 2.08. The van der Waals surface area contributed by atoms with Crippen molar-refractivity contribution >= 4 is 12.4 Å². The Morgan fingerprint density at radius 2 is 1.82 bits per heavy atom. The van der Waals surface area contributed by atoms with E-state index < -0.39 is 12.2 Å². The van der Waals surface area contributed by atoms with Crippen molar-refractivity contribution in [1.82, 2.24) is 0 Å². The van der Waals surface area contributed by atoms with Gasteiger partial charge in [0.05, 0.1) is 12.2 Å². The summed E-state index contributed by atoms with van der Waals surface area (Å²) in [7, 11) is 0. The van der Waals surface area contributed by atoms with Crippen molar-refractivity contribution in [1.29, 1.82) is 0 Å². The molecule has 5 N–H and O–H groups in total. The molecule has 1 aliphatic rings. The van der Waals surface area contributed by atoms with Gasteiger partial charge < -0.3 is 21.1 Å². The van der Waals surface area contributed by atoms with Gasteiger partial charge in [-0.05, 0) is 6.42 Å². The number of aliphatic hydroxyl groups is 3. The maximum atomic E-state index is 9.14. The molecule has 0 aromatic rings. The molecule has 0 radical (unpaired) electrons. The highest BCUT2D eigenvalue weighted by Gasteiger charge is 2.38. The molecule has 1 fully saturated rings. The fourth-order valence-corrected chi connectivity index (χ4v) is 1.34. The predicted octanol–water partition coefficient (Wildman–Crippen LogP) is -1.53. The third kappa shape index (κ3) is 2.04. The highest BCUT2D eigenvalue weighted by Crippen LogP contribution is 2.24. The molecule has 1 rings (SSSR count). The summed E-state index contributed by atoms with van der Waals surface area (Å²) in [6.07, 6.45) is -1.21. The number of hydrogen-bond acceptors (Lipinski definition) is 4. The molecule has 0 spiro atoms. The van der Waals surface area contributed by atoms with Crippen molar-refractivity contribution in [3.8, 4) is 0 Å². The molecule has 0 saturated heterocycles. The number of rotatable bonds is 1. The van der Waals surface area contributed by atoms with Gasteiger partial charge in [-0.25, -0.2) is 0 Å². The van der Waals surface area contributed by atoms with Crippen LogP contribution in [0.15, 0.2) is 0 Å². The van der Waals surface area contributed by atoms with Crippen molar-refractivity contribution in [2.24, 2.45) is 11.7 Å². The van der Waals surface area contributed by atoms with Gasteiger partial charge in [0.25, 0.3) is 0 Å². The van der Waals surface area contributed by atoms with E-state index in [-0.39, 0.29) is 31.0 Å². The smallest absolute Gasteiger partial charge is 0.0953 e. The zero-order valence-corrected chi connectivity index (χ0v) is 6.87. The Hall–Kier alpha value is 0.130. The zero-order chi connectivity index (χ0) is 7.72. The summed E-state index contributed by atoms with van der Waals surface area (Å²) in [5.41, 5.74) is 5.41. The summed E-state index contributed by atoms with van der Waals surface area (Å²) >= 11 is 0. The van der Waals surface area contributed by atoms with Crippen molar-refractivity contribution in [2.45, 2.75) is 24.7 Å². The molecule has 0 bridgehead atoms.